The van der Waals surface area contributed by atoms with Gasteiger partial charge in [0, 0.05) is 5.02 Å². The number of halogens is 2. The van der Waals surface area contributed by atoms with Gasteiger partial charge in [0.25, 0.3) is 11.1 Å². The number of anilines is 1. The highest BCUT2D eigenvalue weighted by Gasteiger charge is 2.36. The number of hydrogen-bond acceptors (Lipinski definition) is 5. The third kappa shape index (κ3) is 5.54. The second-order valence-electron chi connectivity index (χ2n) is 8.23. The molecule has 0 radical (unpaired) electrons. The maximum Gasteiger partial charge on any atom is 0.298 e. The number of fused-ring (bicyclic) bond motifs is 1. The fourth-order valence-electron chi connectivity index (χ4n) is 4.02. The normalized spacial score (nSPS) is 14.6. The lowest BCUT2D eigenvalue weighted by atomic mass is 10.1. The average Bonchev–Trinajstić information content (AvgIpc) is 3.16. The van der Waals surface area contributed by atoms with Gasteiger partial charge in [-0.15, -0.1) is 0 Å². The second kappa shape index (κ2) is 11.0. The van der Waals surface area contributed by atoms with Gasteiger partial charge in [-0.2, -0.15) is 0 Å². The molecule has 1 heterocycles. The monoisotopic (exact) mass is 593 g/mol. The molecule has 0 spiro atoms. The number of imide groups is 1. The van der Waals surface area contributed by atoms with E-state index in [1.807, 2.05) is 31.2 Å². The number of nitrogens with zero attached hydrogens (tertiary/aromatic N) is 1. The van der Waals surface area contributed by atoms with Gasteiger partial charge in [-0.25, -0.2) is 4.90 Å². The van der Waals surface area contributed by atoms with Gasteiger partial charge in [-0.05, 0) is 99.0 Å². The lowest BCUT2D eigenvalue weighted by Crippen LogP contribution is -2.27. The lowest BCUT2D eigenvalue weighted by molar-refractivity contribution is -0.113. The van der Waals surface area contributed by atoms with Crippen molar-refractivity contribution in [3.63, 3.8) is 0 Å². The Hall–Kier alpha value is -3.26. The molecule has 4 aromatic carbocycles. The Bertz CT molecular complexity index is 1550. The van der Waals surface area contributed by atoms with Crippen LogP contribution in [0.5, 0.6) is 11.5 Å². The summed E-state index contributed by atoms with van der Waals surface area (Å²) in [5.41, 5.74) is 2.17. The summed E-state index contributed by atoms with van der Waals surface area (Å²) in [6, 6.07) is 24.7. The van der Waals surface area contributed by atoms with Crippen molar-refractivity contribution in [3.05, 3.63) is 104 Å². The minimum absolute atomic E-state index is 0.309. The van der Waals surface area contributed by atoms with Gasteiger partial charge in [-0.3, -0.25) is 9.59 Å². The Morgan fingerprint density at radius 1 is 0.946 bits per heavy atom. The van der Waals surface area contributed by atoms with E-state index >= 15 is 0 Å². The van der Waals surface area contributed by atoms with Crippen molar-refractivity contribution < 1.29 is 19.1 Å². The molecule has 1 saturated heterocycles. The number of benzene rings is 4. The molecule has 1 fully saturated rings. The molecule has 5 rings (SSSR count). The molecule has 4 aromatic rings. The summed E-state index contributed by atoms with van der Waals surface area (Å²) in [5, 5.41) is 2.39. The van der Waals surface area contributed by atoms with Crippen LogP contribution in [0, 0.1) is 0 Å². The van der Waals surface area contributed by atoms with E-state index in [4.69, 9.17) is 21.1 Å². The maximum atomic E-state index is 13.1. The van der Waals surface area contributed by atoms with Crippen LogP contribution in [-0.2, 0) is 11.4 Å². The third-order valence-corrected chi connectivity index (χ3v) is 7.38. The first-order valence-electron chi connectivity index (χ1n) is 11.5. The molecule has 0 bridgehead atoms. The molecular formula is C29H21BrClNO4S. The van der Waals surface area contributed by atoms with E-state index in [9.17, 15) is 9.59 Å². The zero-order chi connectivity index (χ0) is 25.9. The van der Waals surface area contributed by atoms with Crippen molar-refractivity contribution in [1.82, 2.24) is 0 Å². The van der Waals surface area contributed by atoms with E-state index in [1.54, 1.807) is 36.4 Å². The van der Waals surface area contributed by atoms with E-state index in [1.165, 1.54) is 5.39 Å². The van der Waals surface area contributed by atoms with Crippen molar-refractivity contribution in [2.24, 2.45) is 0 Å². The van der Waals surface area contributed by atoms with Crippen molar-refractivity contribution in [3.8, 4) is 11.5 Å². The third-order valence-electron chi connectivity index (χ3n) is 5.69. The van der Waals surface area contributed by atoms with Crippen LogP contribution in [0.25, 0.3) is 16.8 Å². The van der Waals surface area contributed by atoms with Crippen LogP contribution in [0.3, 0.4) is 0 Å². The Morgan fingerprint density at radius 2 is 1.76 bits per heavy atom. The van der Waals surface area contributed by atoms with Crippen LogP contribution in [0.15, 0.2) is 88.2 Å². The van der Waals surface area contributed by atoms with Crippen molar-refractivity contribution in [2.75, 3.05) is 11.5 Å². The quantitative estimate of drug-likeness (QED) is 0.201. The number of thioether (sulfide) groups is 1. The van der Waals surface area contributed by atoms with Crippen molar-refractivity contribution in [1.29, 1.82) is 0 Å². The highest BCUT2D eigenvalue weighted by Crippen LogP contribution is 2.41. The highest BCUT2D eigenvalue weighted by atomic mass is 79.9. The fraction of sp³-hybridized carbons (Fsp3) is 0.103. The first-order valence-corrected chi connectivity index (χ1v) is 13.5. The molecule has 2 amide bonds. The number of amides is 2. The second-order valence-corrected chi connectivity index (χ2v) is 10.5. The van der Waals surface area contributed by atoms with Crippen LogP contribution in [0.2, 0.25) is 5.02 Å². The summed E-state index contributed by atoms with van der Waals surface area (Å²) < 4.78 is 12.7. The van der Waals surface area contributed by atoms with Crippen molar-refractivity contribution in [2.45, 2.75) is 13.5 Å². The summed E-state index contributed by atoms with van der Waals surface area (Å²) >= 11 is 10.5. The molecule has 5 nitrogen and oxygen atoms in total. The SMILES string of the molecule is CCOc1cc(/C=C2/SC(=O)N(c3cccc(Cl)c3)C2=O)cc(Br)c1OCc1ccc2ccccc2c1. The van der Waals surface area contributed by atoms with Crippen LogP contribution < -0.4 is 14.4 Å². The highest BCUT2D eigenvalue weighted by molar-refractivity contribution is 9.10. The minimum atomic E-state index is -0.400. The number of ether oxygens (including phenoxy) is 2. The molecule has 1 aliphatic rings. The van der Waals surface area contributed by atoms with E-state index in [2.05, 4.69) is 40.2 Å². The van der Waals surface area contributed by atoms with Gasteiger partial charge in [0.2, 0.25) is 0 Å². The van der Waals surface area contributed by atoms with Gasteiger partial charge in [0.1, 0.15) is 6.61 Å². The van der Waals surface area contributed by atoms with E-state index < -0.39 is 5.91 Å². The maximum absolute atomic E-state index is 13.1. The molecule has 0 aromatic heterocycles. The minimum Gasteiger partial charge on any atom is -0.490 e. The van der Waals surface area contributed by atoms with Gasteiger partial charge < -0.3 is 9.47 Å². The summed E-state index contributed by atoms with van der Waals surface area (Å²) in [6.45, 7) is 2.69. The van der Waals surface area contributed by atoms with Crippen LogP contribution in [-0.4, -0.2) is 17.8 Å². The van der Waals surface area contributed by atoms with Crippen LogP contribution in [0.4, 0.5) is 10.5 Å². The summed E-state index contributed by atoms with van der Waals surface area (Å²) in [4.78, 5) is 27.1. The van der Waals surface area contributed by atoms with Gasteiger partial charge >= 0.3 is 0 Å². The Labute approximate surface area is 232 Å². The standard InChI is InChI=1S/C29H21BrClNO4S/c1-2-35-25-14-19(15-26-28(33)32(29(34)37-26)23-9-5-8-22(31)16-23)13-24(30)27(25)36-17-18-10-11-20-6-3-4-7-21(20)12-18/h3-16H,2,17H2,1H3/b26-15+. The van der Waals surface area contributed by atoms with Gasteiger partial charge in [-0.1, -0.05) is 54.1 Å². The molecule has 1 aliphatic heterocycles. The van der Waals surface area contributed by atoms with E-state index in [-0.39, 0.29) is 5.24 Å². The fourth-order valence-corrected chi connectivity index (χ4v) is 5.62. The predicted octanol–water partition coefficient (Wildman–Crippen LogP) is 8.47. The number of rotatable bonds is 7. The summed E-state index contributed by atoms with van der Waals surface area (Å²) in [6.07, 6.45) is 1.68. The van der Waals surface area contributed by atoms with E-state index in [0.29, 0.717) is 50.4 Å². The summed E-state index contributed by atoms with van der Waals surface area (Å²) in [7, 11) is 0. The largest absolute Gasteiger partial charge is 0.490 e. The Morgan fingerprint density at radius 3 is 2.54 bits per heavy atom. The molecule has 0 saturated carbocycles. The van der Waals surface area contributed by atoms with Crippen LogP contribution in [0.1, 0.15) is 18.1 Å². The Kier molecular flexibility index (Phi) is 7.55. The van der Waals surface area contributed by atoms with E-state index in [0.717, 1.165) is 27.6 Å². The van der Waals surface area contributed by atoms with Crippen LogP contribution >= 0.6 is 39.3 Å². The molecular weight excluding hydrogens is 574 g/mol. The number of carbonyl (C=O) groups excluding carboxylic acids is 2. The topological polar surface area (TPSA) is 55.8 Å². The first kappa shape index (κ1) is 25.4. The van der Waals surface area contributed by atoms with Gasteiger partial charge in [0.15, 0.2) is 11.5 Å². The number of hydrogen-bond donors (Lipinski definition) is 0. The molecule has 8 heteroatoms. The molecule has 0 aliphatic carbocycles. The lowest BCUT2D eigenvalue weighted by Gasteiger charge is -2.15. The molecule has 186 valence electrons. The molecule has 0 atom stereocenters. The zero-order valence-electron chi connectivity index (χ0n) is 19.7. The molecule has 37 heavy (non-hydrogen) atoms. The Balaban J connectivity index is 1.40. The van der Waals surface area contributed by atoms with Gasteiger partial charge in [0.05, 0.1) is 21.7 Å². The smallest absolute Gasteiger partial charge is 0.298 e. The molecule has 0 unspecified atom stereocenters. The van der Waals surface area contributed by atoms with Crippen molar-refractivity contribution >= 4 is 73.0 Å². The number of carbonyl (C=O) groups is 2. The summed E-state index contributed by atoms with van der Waals surface area (Å²) in [5.74, 6) is 0.708. The molecule has 0 N–H and O–H groups in total. The first-order chi connectivity index (χ1) is 17.9. The average molecular weight is 595 g/mol. The predicted molar refractivity (Wildman–Crippen MR) is 153 cm³/mol. The zero-order valence-corrected chi connectivity index (χ0v) is 22.9.